The van der Waals surface area contributed by atoms with Crippen LogP contribution in [0.2, 0.25) is 0 Å². The van der Waals surface area contributed by atoms with Crippen molar-refractivity contribution in [1.82, 2.24) is 5.16 Å². The maximum Gasteiger partial charge on any atom is 0.301 e. The first-order chi connectivity index (χ1) is 15.2. The fourth-order valence-corrected chi connectivity index (χ4v) is 4.08. The van der Waals surface area contributed by atoms with Crippen LogP contribution in [0.1, 0.15) is 28.5 Å². The van der Waals surface area contributed by atoms with Crippen molar-refractivity contribution in [1.29, 1.82) is 0 Å². The van der Waals surface area contributed by atoms with Crippen molar-refractivity contribution in [3.8, 4) is 11.5 Å². The first-order valence-corrected chi connectivity index (χ1v) is 10.4. The van der Waals surface area contributed by atoms with E-state index in [-0.39, 0.29) is 28.6 Å². The van der Waals surface area contributed by atoms with Crippen LogP contribution in [0, 0.1) is 13.8 Å². The molecular formula is C23H19BrN2O6. The number of aliphatic hydroxyl groups excluding tert-OH is 1. The summed E-state index contributed by atoms with van der Waals surface area (Å²) in [6.07, 6.45) is 0. The number of anilines is 1. The average Bonchev–Trinajstić information content (AvgIpc) is 3.31. The molecular weight excluding hydrogens is 480 g/mol. The largest absolute Gasteiger partial charge is 0.507 e. The zero-order valence-electron chi connectivity index (χ0n) is 17.4. The number of nitrogens with zero attached hydrogens (tertiary/aromatic N) is 2. The van der Waals surface area contributed by atoms with E-state index in [9.17, 15) is 19.8 Å². The molecule has 1 amide bonds. The smallest absolute Gasteiger partial charge is 0.301 e. The van der Waals surface area contributed by atoms with E-state index in [4.69, 9.17) is 9.26 Å². The Morgan fingerprint density at radius 3 is 2.44 bits per heavy atom. The summed E-state index contributed by atoms with van der Waals surface area (Å²) in [7, 11) is 1.38. The van der Waals surface area contributed by atoms with Crippen LogP contribution in [0.4, 0.5) is 5.82 Å². The van der Waals surface area contributed by atoms with Crippen molar-refractivity contribution in [3.05, 3.63) is 75.0 Å². The van der Waals surface area contributed by atoms with Gasteiger partial charge in [0.15, 0.2) is 17.3 Å². The number of hydrogen-bond acceptors (Lipinski definition) is 7. The summed E-state index contributed by atoms with van der Waals surface area (Å²) in [6, 6.07) is 10.5. The van der Waals surface area contributed by atoms with E-state index in [1.165, 1.54) is 19.2 Å². The van der Waals surface area contributed by atoms with Crippen LogP contribution in [0.15, 0.2) is 57.0 Å². The third-order valence-electron chi connectivity index (χ3n) is 5.22. The number of benzene rings is 2. The summed E-state index contributed by atoms with van der Waals surface area (Å²) in [5.41, 5.74) is 1.67. The Bertz CT molecular complexity index is 1260. The molecule has 0 aliphatic carbocycles. The zero-order valence-corrected chi connectivity index (χ0v) is 19.0. The van der Waals surface area contributed by atoms with Crippen LogP contribution < -0.4 is 9.64 Å². The quantitative estimate of drug-likeness (QED) is 0.311. The number of aliphatic hydroxyl groups is 1. The summed E-state index contributed by atoms with van der Waals surface area (Å²) in [6.45, 7) is 3.56. The number of phenols is 1. The Labute approximate surface area is 191 Å². The fourth-order valence-electron chi connectivity index (χ4n) is 3.63. The molecule has 3 aromatic rings. The number of phenolic OH excluding ortho intramolecular Hbond substituents is 1. The van der Waals surface area contributed by atoms with Gasteiger partial charge in [-0.05, 0) is 47.5 Å². The van der Waals surface area contributed by atoms with Gasteiger partial charge in [0.2, 0.25) is 0 Å². The van der Waals surface area contributed by atoms with Crippen molar-refractivity contribution in [3.63, 3.8) is 0 Å². The predicted molar refractivity (Wildman–Crippen MR) is 120 cm³/mol. The number of aryl methyl sites for hydroxylation is 2. The highest BCUT2D eigenvalue weighted by molar-refractivity contribution is 9.10. The lowest BCUT2D eigenvalue weighted by molar-refractivity contribution is -0.132. The third-order valence-corrected chi connectivity index (χ3v) is 5.82. The van der Waals surface area contributed by atoms with Gasteiger partial charge in [-0.3, -0.25) is 14.5 Å². The summed E-state index contributed by atoms with van der Waals surface area (Å²) >= 11 is 3.27. The van der Waals surface area contributed by atoms with Crippen LogP contribution in [0.3, 0.4) is 0 Å². The molecule has 1 aliphatic rings. The van der Waals surface area contributed by atoms with Crippen molar-refractivity contribution < 1.29 is 29.1 Å². The maximum absolute atomic E-state index is 13.1. The van der Waals surface area contributed by atoms with E-state index < -0.39 is 17.7 Å². The number of rotatable bonds is 4. The van der Waals surface area contributed by atoms with Crippen molar-refractivity contribution >= 4 is 39.2 Å². The molecule has 0 radical (unpaired) electrons. The number of amides is 1. The van der Waals surface area contributed by atoms with E-state index in [1.54, 1.807) is 37.3 Å². The molecule has 2 aromatic carbocycles. The molecule has 0 bridgehead atoms. The second-order valence-electron chi connectivity index (χ2n) is 7.38. The van der Waals surface area contributed by atoms with Gasteiger partial charge in [0.25, 0.3) is 5.78 Å². The Morgan fingerprint density at radius 2 is 1.84 bits per heavy atom. The average molecular weight is 499 g/mol. The van der Waals surface area contributed by atoms with Crippen molar-refractivity contribution in [2.45, 2.75) is 19.9 Å². The molecule has 2 heterocycles. The summed E-state index contributed by atoms with van der Waals surface area (Å²) in [5, 5.41) is 25.2. The van der Waals surface area contributed by atoms with Gasteiger partial charge in [-0.1, -0.05) is 35.0 Å². The van der Waals surface area contributed by atoms with E-state index in [2.05, 4.69) is 21.1 Å². The molecule has 1 fully saturated rings. The maximum atomic E-state index is 13.1. The number of ether oxygens (including phenoxy) is 1. The molecule has 32 heavy (non-hydrogen) atoms. The minimum Gasteiger partial charge on any atom is -0.507 e. The van der Waals surface area contributed by atoms with Gasteiger partial charge in [0, 0.05) is 11.6 Å². The molecule has 9 heteroatoms. The number of Topliss-reactive ketones (excluding diaryl/α,β-unsaturated/α-hetero) is 1. The number of aromatic nitrogens is 1. The highest BCUT2D eigenvalue weighted by Gasteiger charge is 2.48. The van der Waals surface area contributed by atoms with Crippen molar-refractivity contribution in [2.24, 2.45) is 0 Å². The molecule has 1 saturated heterocycles. The van der Waals surface area contributed by atoms with E-state index in [0.717, 1.165) is 10.5 Å². The monoisotopic (exact) mass is 498 g/mol. The Hall–Kier alpha value is -3.59. The second kappa shape index (κ2) is 8.16. The topological polar surface area (TPSA) is 113 Å². The minimum atomic E-state index is -1.04. The van der Waals surface area contributed by atoms with Crippen LogP contribution in [-0.2, 0) is 9.59 Å². The van der Waals surface area contributed by atoms with Gasteiger partial charge >= 0.3 is 5.91 Å². The van der Waals surface area contributed by atoms with Crippen LogP contribution in [0.25, 0.3) is 5.76 Å². The lowest BCUT2D eigenvalue weighted by Crippen LogP contribution is -2.29. The van der Waals surface area contributed by atoms with Crippen LogP contribution in [-0.4, -0.2) is 34.2 Å². The number of hydrogen-bond donors (Lipinski definition) is 2. The molecule has 164 valence electrons. The molecule has 1 aromatic heterocycles. The highest BCUT2D eigenvalue weighted by Crippen LogP contribution is 2.45. The molecule has 4 rings (SSSR count). The van der Waals surface area contributed by atoms with Gasteiger partial charge in [0.1, 0.15) is 11.5 Å². The number of aromatic hydroxyl groups is 1. The number of halogens is 1. The number of carbonyl (C=O) groups is 2. The predicted octanol–water partition coefficient (Wildman–Crippen LogP) is 4.39. The van der Waals surface area contributed by atoms with Gasteiger partial charge < -0.3 is 19.5 Å². The lowest BCUT2D eigenvalue weighted by atomic mass is 9.94. The molecule has 1 atom stereocenters. The van der Waals surface area contributed by atoms with Crippen molar-refractivity contribution in [2.75, 3.05) is 12.0 Å². The third kappa shape index (κ3) is 3.54. The highest BCUT2D eigenvalue weighted by atomic mass is 79.9. The number of methoxy groups -OCH3 is 1. The van der Waals surface area contributed by atoms with E-state index >= 15 is 0 Å². The molecule has 8 nitrogen and oxygen atoms in total. The van der Waals surface area contributed by atoms with E-state index in [0.29, 0.717) is 21.4 Å². The first-order valence-electron chi connectivity index (χ1n) is 9.60. The summed E-state index contributed by atoms with van der Waals surface area (Å²) in [4.78, 5) is 27.3. The first kappa shape index (κ1) is 21.6. The Balaban J connectivity index is 1.99. The SMILES string of the molecule is COc1cc(C2/C(=C(\O)c3ccc(C)cc3)C(=O)C(=O)N2c2cc(C)on2)cc(Br)c1O. The minimum absolute atomic E-state index is 0.112. The Morgan fingerprint density at radius 1 is 1.16 bits per heavy atom. The summed E-state index contributed by atoms with van der Waals surface area (Å²) < 4.78 is 10.7. The number of carbonyl (C=O) groups excluding carboxylic acids is 2. The van der Waals surface area contributed by atoms with Crippen LogP contribution in [0.5, 0.6) is 11.5 Å². The van der Waals surface area contributed by atoms with Crippen LogP contribution >= 0.6 is 15.9 Å². The fraction of sp³-hybridized carbons (Fsp3) is 0.174. The molecule has 1 unspecified atom stereocenters. The zero-order chi connectivity index (χ0) is 23.2. The Kier molecular flexibility index (Phi) is 5.52. The standard InChI is InChI=1S/C23H19BrN2O6/c1-11-4-6-13(7-5-11)20(27)18-19(14-9-15(24)21(28)16(10-14)31-3)26(23(30)22(18)29)17-8-12(2)32-25-17/h4-10,19,27-28H,1-3H3/b20-18+. The second-order valence-corrected chi connectivity index (χ2v) is 8.24. The van der Waals surface area contributed by atoms with Gasteiger partial charge in [-0.15, -0.1) is 0 Å². The van der Waals surface area contributed by atoms with Gasteiger partial charge in [-0.25, -0.2) is 0 Å². The van der Waals surface area contributed by atoms with Gasteiger partial charge in [-0.2, -0.15) is 0 Å². The molecule has 1 aliphatic heterocycles. The molecule has 0 saturated carbocycles. The lowest BCUT2D eigenvalue weighted by Gasteiger charge is -2.23. The molecule has 2 N–H and O–H groups in total. The number of ketones is 1. The van der Waals surface area contributed by atoms with Gasteiger partial charge in [0.05, 0.1) is 23.2 Å². The summed E-state index contributed by atoms with van der Waals surface area (Å²) in [5.74, 6) is -1.48. The normalized spacial score (nSPS) is 17.8. The molecule has 0 spiro atoms. The van der Waals surface area contributed by atoms with E-state index in [1.807, 2.05) is 6.92 Å².